The van der Waals surface area contributed by atoms with Crippen LogP contribution in [0.1, 0.15) is 44.8 Å². The van der Waals surface area contributed by atoms with Crippen molar-refractivity contribution in [3.8, 4) is 0 Å². The lowest BCUT2D eigenvalue weighted by molar-refractivity contribution is -0.0907. The van der Waals surface area contributed by atoms with Gasteiger partial charge in [0.05, 0.1) is 42.9 Å². The summed E-state index contributed by atoms with van der Waals surface area (Å²) < 4.78 is 155. The van der Waals surface area contributed by atoms with Crippen molar-refractivity contribution in [2.24, 2.45) is 11.8 Å². The molecule has 5 atom stereocenters. The van der Waals surface area contributed by atoms with Crippen LogP contribution in [0.2, 0.25) is 0 Å². The molecule has 2 aromatic rings. The first-order valence-electron chi connectivity index (χ1n) is 18.4. The van der Waals surface area contributed by atoms with E-state index in [4.69, 9.17) is 39.1 Å². The van der Waals surface area contributed by atoms with Crippen LogP contribution in [0.25, 0.3) is 0 Å². The molecule has 11 heteroatoms. The number of hydrogen-bond donors (Lipinski definition) is 3. The number of benzene rings is 2. The number of alkyl carbamates (subject to hydrolysis) is 1. The van der Waals surface area contributed by atoms with E-state index in [1.165, 1.54) is 12.1 Å². The smallest absolute Gasteiger partial charge is 0.407 e. The number of fused-ring (bicyclic) bond motifs is 1. The SMILES string of the molecule is [2H]C1([2H])O[C@@]2([2H])OC([2H])([2H])C([2H])([2H])[C@H]2[C@H]1OC(=O)N[C@@H](Cc1ccccc1)[C@H](O)CN(CC([2H])(C([2H])([2H])[2H])C([2H])([2H])[2H])S(=O)(=O)c1ccc(N)cc1. The van der Waals surface area contributed by atoms with Crippen molar-refractivity contribution in [2.45, 2.75) is 55.9 Å². The first kappa shape index (κ1) is 15.2. The van der Waals surface area contributed by atoms with E-state index in [-0.39, 0.29) is 16.4 Å². The minimum Gasteiger partial charge on any atom is -0.443 e. The summed E-state index contributed by atoms with van der Waals surface area (Å²) in [6.07, 6.45) is -12.3. The van der Waals surface area contributed by atoms with Gasteiger partial charge in [-0.2, -0.15) is 4.31 Å². The molecule has 4 rings (SSSR count). The number of anilines is 1. The van der Waals surface area contributed by atoms with Crippen LogP contribution >= 0.6 is 0 Å². The van der Waals surface area contributed by atoms with Crippen LogP contribution in [0.15, 0.2) is 59.5 Å². The van der Waals surface area contributed by atoms with Crippen molar-refractivity contribution >= 4 is 21.8 Å². The largest absolute Gasteiger partial charge is 0.443 e. The van der Waals surface area contributed by atoms with E-state index in [1.54, 1.807) is 30.3 Å². The van der Waals surface area contributed by atoms with Gasteiger partial charge in [0.25, 0.3) is 0 Å². The monoisotopic (exact) mass is 561 g/mol. The molecule has 0 bridgehead atoms. The summed E-state index contributed by atoms with van der Waals surface area (Å²) in [5.74, 6) is -5.59. The third kappa shape index (κ3) is 7.03. The van der Waals surface area contributed by atoms with Crippen LogP contribution in [0.3, 0.4) is 0 Å². The Morgan fingerprint density at radius 1 is 1.26 bits per heavy atom. The van der Waals surface area contributed by atoms with Gasteiger partial charge in [0, 0.05) is 31.1 Å². The molecule has 0 spiro atoms. The summed E-state index contributed by atoms with van der Waals surface area (Å²) in [6.45, 7) is -16.0. The van der Waals surface area contributed by atoms with Gasteiger partial charge in [-0.3, -0.25) is 0 Å². The van der Waals surface area contributed by atoms with E-state index >= 15 is 0 Å². The molecule has 0 saturated carbocycles. The van der Waals surface area contributed by atoms with Crippen LogP contribution in [0, 0.1) is 11.8 Å². The zero-order chi connectivity index (χ0) is 39.5. The number of rotatable bonds is 11. The average Bonchev–Trinajstić information content (AvgIpc) is 3.26. The Balaban J connectivity index is 1.71. The van der Waals surface area contributed by atoms with Crippen LogP contribution < -0.4 is 11.1 Å². The van der Waals surface area contributed by atoms with Gasteiger partial charge in [-0.1, -0.05) is 44.0 Å². The fraction of sp³-hybridized carbons (Fsp3) is 0.519. The fourth-order valence-electron chi connectivity index (χ4n) is 3.83. The molecule has 2 heterocycles. The lowest BCUT2D eigenvalue weighted by atomic mass is 10.0. The Bertz CT molecular complexity index is 1700. The number of aliphatic hydroxyl groups excluding tert-OH is 1. The standard InChI is InChI=1S/C27H37N3O7S/c1-18(2)15-30(38(33,34)21-10-8-20(28)9-11-21)16-24(31)23(14-19-6-4-3-5-7-19)29-27(32)37-25-17-36-26-22(25)12-13-35-26/h3-11,18,22-26,31H,12-17,28H2,1-2H3,(H,29,32)/t22-,23-,24+,25-,26+/m0/s1/i1D3,2D3,12D2,13D2,17D2,18D,26D. The summed E-state index contributed by atoms with van der Waals surface area (Å²) in [5.41, 5.74) is 6.25. The summed E-state index contributed by atoms with van der Waals surface area (Å²) in [6, 6.07) is 10.8. The maximum atomic E-state index is 13.9. The molecule has 2 aromatic carbocycles. The molecule has 10 nitrogen and oxygen atoms in total. The van der Waals surface area contributed by atoms with Crippen molar-refractivity contribution in [1.82, 2.24) is 9.62 Å². The molecule has 2 aliphatic rings. The number of nitrogens with one attached hydrogen (secondary N) is 1. The number of amides is 1. The van der Waals surface area contributed by atoms with Crippen LogP contribution in [0.4, 0.5) is 10.5 Å². The first-order valence-corrected chi connectivity index (χ1v) is 12.9. The van der Waals surface area contributed by atoms with Gasteiger partial charge in [0.15, 0.2) is 6.27 Å². The summed E-state index contributed by atoms with van der Waals surface area (Å²) >= 11 is 0. The number of sulfonamides is 1. The predicted molar refractivity (Wildman–Crippen MR) is 142 cm³/mol. The second kappa shape index (κ2) is 12.4. The van der Waals surface area contributed by atoms with Gasteiger partial charge in [-0.15, -0.1) is 0 Å². The van der Waals surface area contributed by atoms with E-state index in [9.17, 15) is 18.3 Å². The Kier molecular flexibility index (Phi) is 4.97. The van der Waals surface area contributed by atoms with E-state index in [0.717, 1.165) is 12.1 Å². The van der Waals surface area contributed by atoms with E-state index < -0.39 is 104 Å². The second-order valence-electron chi connectivity index (χ2n) is 8.54. The van der Waals surface area contributed by atoms with Gasteiger partial charge in [0.2, 0.25) is 10.0 Å². The number of nitrogens with zero attached hydrogens (tertiary/aromatic N) is 1. The molecule has 2 saturated heterocycles. The van der Waals surface area contributed by atoms with Crippen molar-refractivity contribution in [1.29, 1.82) is 0 Å². The highest BCUT2D eigenvalue weighted by atomic mass is 32.2. The molecule has 208 valence electrons. The summed E-state index contributed by atoms with van der Waals surface area (Å²) in [5, 5.41) is 13.8. The molecular formula is C27H37N3O7S. The molecule has 1 amide bonds. The Hall–Kier alpha value is -2.70. The highest BCUT2D eigenvalue weighted by Crippen LogP contribution is 2.33. The average molecular weight is 562 g/mol. The van der Waals surface area contributed by atoms with Gasteiger partial charge < -0.3 is 30.4 Å². The molecule has 2 aliphatic heterocycles. The molecule has 38 heavy (non-hydrogen) atoms. The van der Waals surface area contributed by atoms with Crippen LogP contribution in [-0.2, 0) is 30.7 Å². The number of carbonyl (C=O) groups excluding carboxylic acids is 1. The quantitative estimate of drug-likeness (QED) is 0.355. The predicted octanol–water partition coefficient (Wildman–Crippen LogP) is 2.38. The molecular weight excluding hydrogens is 510 g/mol. The summed E-state index contributed by atoms with van der Waals surface area (Å²) in [7, 11) is -4.90. The van der Waals surface area contributed by atoms with E-state index in [2.05, 4.69) is 5.32 Å². The van der Waals surface area contributed by atoms with E-state index in [0.29, 0.717) is 5.56 Å². The maximum absolute atomic E-state index is 13.9. The van der Waals surface area contributed by atoms with Crippen molar-refractivity contribution in [2.75, 3.05) is 31.9 Å². The van der Waals surface area contributed by atoms with Crippen molar-refractivity contribution in [3.05, 3.63) is 60.2 Å². The molecule has 2 fully saturated rings. The van der Waals surface area contributed by atoms with Gasteiger partial charge in [-0.05, 0) is 48.5 Å². The number of aliphatic hydroxyl groups is 1. The van der Waals surface area contributed by atoms with Gasteiger partial charge >= 0.3 is 6.09 Å². The highest BCUT2D eigenvalue weighted by molar-refractivity contribution is 7.89. The Morgan fingerprint density at radius 3 is 2.71 bits per heavy atom. The molecule has 0 radical (unpaired) electrons. The first-order chi connectivity index (χ1) is 23.5. The molecule has 0 aromatic heterocycles. The second-order valence-corrected chi connectivity index (χ2v) is 10.5. The Morgan fingerprint density at radius 2 is 2.00 bits per heavy atom. The van der Waals surface area contributed by atoms with E-state index in [1.807, 2.05) is 0 Å². The number of nitrogen functional groups attached to an aromatic ring is 1. The number of hydrogen-bond acceptors (Lipinski definition) is 8. The third-order valence-corrected chi connectivity index (χ3v) is 7.57. The van der Waals surface area contributed by atoms with Crippen LogP contribution in [0.5, 0.6) is 0 Å². The topological polar surface area (TPSA) is 140 Å². The van der Waals surface area contributed by atoms with Gasteiger partial charge in [0.1, 0.15) is 6.10 Å². The zero-order valence-electron chi connectivity index (χ0n) is 34.0. The molecule has 0 aliphatic carbocycles. The number of carbonyl (C=O) groups is 1. The maximum Gasteiger partial charge on any atom is 0.407 e. The number of ether oxygens (including phenoxy) is 3. The highest BCUT2D eigenvalue weighted by Gasteiger charge is 2.44. The van der Waals surface area contributed by atoms with Crippen molar-refractivity contribution < 1.29 is 51.7 Å². The molecule has 0 unspecified atom stereocenters. The summed E-state index contributed by atoms with van der Waals surface area (Å²) in [4.78, 5) is 12.9. The fourth-order valence-corrected chi connectivity index (χ4v) is 5.25. The van der Waals surface area contributed by atoms with Crippen molar-refractivity contribution in [3.63, 3.8) is 0 Å². The normalized spacial score (nSPS) is 35.1. The zero-order valence-corrected chi connectivity index (χ0v) is 20.8. The third-order valence-electron chi connectivity index (χ3n) is 5.74. The lowest BCUT2D eigenvalue weighted by Gasteiger charge is -2.31. The van der Waals surface area contributed by atoms with Gasteiger partial charge in [-0.25, -0.2) is 13.2 Å². The lowest BCUT2D eigenvalue weighted by Crippen LogP contribution is -2.51. The minimum atomic E-state index is -4.90. The van der Waals surface area contributed by atoms with Crippen LogP contribution in [-0.4, -0.2) is 74.6 Å². The Labute approximate surface area is 243 Å². The molecule has 4 N–H and O–H groups in total. The minimum absolute atomic E-state index is 0.143. The number of nitrogens with two attached hydrogens (primary N) is 1.